The third-order valence-electron chi connectivity index (χ3n) is 7.15. The lowest BCUT2D eigenvalue weighted by Crippen LogP contribution is -2.29. The van der Waals surface area contributed by atoms with E-state index in [9.17, 15) is 14.7 Å². The van der Waals surface area contributed by atoms with Crippen molar-refractivity contribution in [1.82, 2.24) is 10.2 Å². The number of aliphatic hydroxyl groups excluding tert-OH is 1. The maximum atomic E-state index is 13.6. The Bertz CT molecular complexity index is 1670. The molecule has 44 heavy (non-hydrogen) atoms. The van der Waals surface area contributed by atoms with Gasteiger partial charge in [-0.3, -0.25) is 14.5 Å². The van der Waals surface area contributed by atoms with Crippen LogP contribution in [0.3, 0.4) is 0 Å². The van der Waals surface area contributed by atoms with Crippen LogP contribution < -0.4 is 19.1 Å². The summed E-state index contributed by atoms with van der Waals surface area (Å²) in [4.78, 5) is 28.5. The number of rotatable bonds is 12. The lowest BCUT2D eigenvalue weighted by molar-refractivity contribution is -0.132. The van der Waals surface area contributed by atoms with Gasteiger partial charge in [-0.2, -0.15) is 0 Å². The largest absolute Gasteiger partial charge is 0.507 e. The zero-order valence-corrected chi connectivity index (χ0v) is 26.5. The number of nitrogens with zero attached hydrogens (tertiary/aromatic N) is 3. The van der Waals surface area contributed by atoms with E-state index in [2.05, 4.69) is 41.4 Å². The van der Waals surface area contributed by atoms with E-state index >= 15 is 0 Å². The summed E-state index contributed by atoms with van der Waals surface area (Å²) in [7, 11) is 3.03. The highest BCUT2D eigenvalue weighted by Crippen LogP contribution is 2.45. The molecule has 228 valence electrons. The number of thioether (sulfide) groups is 1. The van der Waals surface area contributed by atoms with Gasteiger partial charge in [-0.05, 0) is 60.9 Å². The van der Waals surface area contributed by atoms with Crippen molar-refractivity contribution >= 4 is 45.7 Å². The molecular weight excluding hydrogens is 599 g/mol. The molecule has 1 saturated heterocycles. The van der Waals surface area contributed by atoms with Gasteiger partial charge in [0.25, 0.3) is 5.78 Å². The molecule has 5 rings (SSSR count). The van der Waals surface area contributed by atoms with Crippen LogP contribution in [0.1, 0.15) is 48.1 Å². The number of amides is 1. The molecule has 0 radical (unpaired) electrons. The van der Waals surface area contributed by atoms with Crippen molar-refractivity contribution < 1.29 is 28.9 Å². The first-order valence-electron chi connectivity index (χ1n) is 14.1. The minimum absolute atomic E-state index is 0.0640. The Hall–Kier alpha value is -4.35. The number of Topliss-reactive ketones (excluding diaryl/α,β-unsaturated/α-hetero) is 1. The number of aromatic nitrogens is 2. The standard InChI is InChI=1S/C33H33N3O6S2/c1-5-6-17-42-24-14-11-22(12-15-24)29(37)27-28(23-13-16-25(40-3)26(18-23)41-4)36(31(39)30(27)38)32-34-35-33(44-32)43-19-21-9-7-20(2)8-10-21/h7-16,18,28,37H,5-6,17,19H2,1-4H3/b29-27-. The predicted molar refractivity (Wildman–Crippen MR) is 172 cm³/mol. The van der Waals surface area contributed by atoms with Crippen molar-refractivity contribution in [2.75, 3.05) is 25.7 Å². The van der Waals surface area contributed by atoms with Gasteiger partial charge >= 0.3 is 5.91 Å². The molecule has 1 atom stereocenters. The van der Waals surface area contributed by atoms with E-state index in [0.717, 1.165) is 18.4 Å². The van der Waals surface area contributed by atoms with E-state index in [1.807, 2.05) is 6.92 Å². The average Bonchev–Trinajstić information content (AvgIpc) is 3.62. The molecule has 1 N–H and O–H groups in total. The molecule has 1 amide bonds. The zero-order chi connectivity index (χ0) is 31.2. The second-order valence-corrected chi connectivity index (χ2v) is 12.3. The van der Waals surface area contributed by atoms with Gasteiger partial charge in [0, 0.05) is 11.3 Å². The van der Waals surface area contributed by atoms with E-state index in [4.69, 9.17) is 14.2 Å². The summed E-state index contributed by atoms with van der Waals surface area (Å²) in [5.41, 5.74) is 3.16. The van der Waals surface area contributed by atoms with Gasteiger partial charge in [0.15, 0.2) is 15.8 Å². The highest BCUT2D eigenvalue weighted by atomic mass is 32.2. The normalized spacial score (nSPS) is 15.9. The van der Waals surface area contributed by atoms with Crippen molar-refractivity contribution in [3.05, 3.63) is 94.6 Å². The molecule has 1 aliphatic heterocycles. The van der Waals surface area contributed by atoms with Crippen molar-refractivity contribution in [3.63, 3.8) is 0 Å². The number of anilines is 1. The van der Waals surface area contributed by atoms with Crippen molar-refractivity contribution in [3.8, 4) is 17.2 Å². The summed E-state index contributed by atoms with van der Waals surface area (Å²) in [6.45, 7) is 4.70. The minimum Gasteiger partial charge on any atom is -0.507 e. The number of carbonyl (C=O) groups excluding carboxylic acids is 2. The molecule has 0 bridgehead atoms. The lowest BCUT2D eigenvalue weighted by Gasteiger charge is -2.23. The number of hydrogen-bond donors (Lipinski definition) is 1. The van der Waals surface area contributed by atoms with Crippen LogP contribution in [-0.4, -0.2) is 47.8 Å². The van der Waals surface area contributed by atoms with Crippen LogP contribution >= 0.6 is 23.1 Å². The molecule has 4 aromatic rings. The number of benzene rings is 3. The molecular formula is C33H33N3O6S2. The third-order valence-corrected chi connectivity index (χ3v) is 9.27. The van der Waals surface area contributed by atoms with Gasteiger partial charge in [0.2, 0.25) is 5.13 Å². The maximum absolute atomic E-state index is 13.6. The summed E-state index contributed by atoms with van der Waals surface area (Å²) in [6, 6.07) is 19.1. The van der Waals surface area contributed by atoms with Gasteiger partial charge in [0.05, 0.1) is 32.4 Å². The monoisotopic (exact) mass is 631 g/mol. The van der Waals surface area contributed by atoms with Crippen LogP contribution in [0.4, 0.5) is 5.13 Å². The van der Waals surface area contributed by atoms with Gasteiger partial charge in [0.1, 0.15) is 11.5 Å². The fourth-order valence-corrected chi connectivity index (χ4v) is 6.58. The smallest absolute Gasteiger partial charge is 0.301 e. The number of hydrogen-bond acceptors (Lipinski definition) is 10. The van der Waals surface area contributed by atoms with E-state index in [1.165, 1.54) is 47.8 Å². The van der Waals surface area contributed by atoms with Gasteiger partial charge in [-0.1, -0.05) is 72.3 Å². The summed E-state index contributed by atoms with van der Waals surface area (Å²) in [6.07, 6.45) is 1.94. The first kappa shape index (κ1) is 31.1. The van der Waals surface area contributed by atoms with E-state index in [-0.39, 0.29) is 16.5 Å². The summed E-state index contributed by atoms with van der Waals surface area (Å²) in [5.74, 6) is 0.283. The quantitative estimate of drug-likeness (QED) is 0.0443. The van der Waals surface area contributed by atoms with Crippen molar-refractivity contribution in [1.29, 1.82) is 0 Å². The first-order chi connectivity index (χ1) is 21.3. The van der Waals surface area contributed by atoms with Gasteiger partial charge in [-0.15, -0.1) is 10.2 Å². The molecule has 3 aromatic carbocycles. The number of unbranched alkanes of at least 4 members (excludes halogenated alkanes) is 1. The minimum atomic E-state index is -0.988. The fourth-order valence-electron chi connectivity index (χ4n) is 4.75. The predicted octanol–water partition coefficient (Wildman–Crippen LogP) is 6.96. The number of ether oxygens (including phenoxy) is 3. The maximum Gasteiger partial charge on any atom is 0.301 e. The summed E-state index contributed by atoms with van der Waals surface area (Å²) < 4.78 is 17.3. The number of aliphatic hydroxyl groups is 1. The molecule has 1 fully saturated rings. The van der Waals surface area contributed by atoms with Crippen LogP contribution in [0.2, 0.25) is 0 Å². The van der Waals surface area contributed by atoms with Crippen LogP contribution in [-0.2, 0) is 15.3 Å². The number of carbonyl (C=O) groups is 2. The Balaban J connectivity index is 1.53. The Labute approximate surface area is 264 Å². The Kier molecular flexibility index (Phi) is 9.86. The summed E-state index contributed by atoms with van der Waals surface area (Å²) >= 11 is 2.71. The van der Waals surface area contributed by atoms with Crippen LogP contribution in [0.5, 0.6) is 17.2 Å². The number of ketones is 1. The SMILES string of the molecule is CCCCOc1ccc(/C(O)=C2/C(=O)C(=O)N(c3nnc(SCc4ccc(C)cc4)s3)C2c2ccc(OC)c(OC)c2)cc1. The lowest BCUT2D eigenvalue weighted by atomic mass is 9.95. The van der Waals surface area contributed by atoms with Gasteiger partial charge in [-0.25, -0.2) is 0 Å². The Morgan fingerprint density at radius 2 is 1.70 bits per heavy atom. The van der Waals surface area contributed by atoms with E-state index < -0.39 is 17.7 Å². The second kappa shape index (κ2) is 14.0. The topological polar surface area (TPSA) is 111 Å². The van der Waals surface area contributed by atoms with E-state index in [0.29, 0.717) is 45.1 Å². The van der Waals surface area contributed by atoms with E-state index in [1.54, 1.807) is 42.5 Å². The van der Waals surface area contributed by atoms with Crippen LogP contribution in [0, 0.1) is 6.92 Å². The van der Waals surface area contributed by atoms with Crippen LogP contribution in [0.15, 0.2) is 76.6 Å². The van der Waals surface area contributed by atoms with Crippen molar-refractivity contribution in [2.24, 2.45) is 0 Å². The number of methoxy groups -OCH3 is 2. The third kappa shape index (κ3) is 6.58. The average molecular weight is 632 g/mol. The highest BCUT2D eigenvalue weighted by molar-refractivity contribution is 8.00. The Morgan fingerprint density at radius 1 is 0.977 bits per heavy atom. The molecule has 1 aromatic heterocycles. The first-order valence-corrected chi connectivity index (χ1v) is 15.9. The van der Waals surface area contributed by atoms with Gasteiger partial charge < -0.3 is 19.3 Å². The molecule has 1 aliphatic rings. The molecule has 2 heterocycles. The number of aryl methyl sites for hydroxylation is 1. The molecule has 0 saturated carbocycles. The Morgan fingerprint density at radius 3 is 2.39 bits per heavy atom. The molecule has 1 unspecified atom stereocenters. The molecule has 0 aliphatic carbocycles. The molecule has 9 nitrogen and oxygen atoms in total. The fraction of sp³-hybridized carbons (Fsp3) is 0.273. The highest BCUT2D eigenvalue weighted by Gasteiger charge is 2.48. The van der Waals surface area contributed by atoms with Crippen molar-refractivity contribution in [2.45, 2.75) is 42.8 Å². The molecule has 0 spiro atoms. The zero-order valence-electron chi connectivity index (χ0n) is 24.9. The molecule has 11 heteroatoms. The second-order valence-electron chi connectivity index (χ2n) is 10.1. The summed E-state index contributed by atoms with van der Waals surface area (Å²) in [5, 5.41) is 20.4. The van der Waals surface area contributed by atoms with Crippen LogP contribution in [0.25, 0.3) is 5.76 Å².